The fourth-order valence-corrected chi connectivity index (χ4v) is 2.76. The molecule has 2 aromatic carbocycles. The van der Waals surface area contributed by atoms with Crippen molar-refractivity contribution < 1.29 is 9.53 Å². The van der Waals surface area contributed by atoms with E-state index in [1.165, 1.54) is 0 Å². The van der Waals surface area contributed by atoms with Crippen LogP contribution in [0.25, 0.3) is 0 Å². The van der Waals surface area contributed by atoms with Gasteiger partial charge in [-0.05, 0) is 42.0 Å². The summed E-state index contributed by atoms with van der Waals surface area (Å²) in [7, 11) is 4.01. The van der Waals surface area contributed by atoms with Gasteiger partial charge in [-0.2, -0.15) is 5.10 Å². The average Bonchev–Trinajstić information content (AvgIpc) is 3.08. The molecule has 3 aromatic rings. The van der Waals surface area contributed by atoms with Crippen LogP contribution >= 0.6 is 15.9 Å². The number of anilines is 2. The highest BCUT2D eigenvalue weighted by Crippen LogP contribution is 2.17. The molecular weight excluding hydrogens is 408 g/mol. The molecule has 1 N–H and O–H groups in total. The zero-order chi connectivity index (χ0) is 19.2. The highest BCUT2D eigenvalue weighted by Gasteiger charge is 2.09. The van der Waals surface area contributed by atoms with E-state index in [0.29, 0.717) is 18.1 Å². The Morgan fingerprint density at radius 3 is 2.48 bits per heavy atom. The lowest BCUT2D eigenvalue weighted by molar-refractivity contribution is -0.118. The number of carbonyl (C=O) groups is 1. The molecule has 0 aliphatic rings. The van der Waals surface area contributed by atoms with Crippen molar-refractivity contribution in [3.05, 3.63) is 70.8 Å². The van der Waals surface area contributed by atoms with Gasteiger partial charge >= 0.3 is 0 Å². The van der Waals surface area contributed by atoms with E-state index in [0.717, 1.165) is 15.7 Å². The number of hydrogen-bond donors (Lipinski definition) is 1. The Hall–Kier alpha value is -2.80. The van der Waals surface area contributed by atoms with Crippen molar-refractivity contribution in [1.82, 2.24) is 9.78 Å². The van der Waals surface area contributed by atoms with Gasteiger partial charge in [-0.3, -0.25) is 4.79 Å². The quantitative estimate of drug-likeness (QED) is 0.621. The van der Waals surface area contributed by atoms with Gasteiger partial charge in [-0.15, -0.1) is 0 Å². The van der Waals surface area contributed by atoms with Crippen LogP contribution in [0.2, 0.25) is 0 Å². The SMILES string of the molecule is CN(C)c1ccc(Cn2nccc2NC(=O)COc2ccc(Br)cc2)cc1. The van der Waals surface area contributed by atoms with Gasteiger partial charge in [0.25, 0.3) is 5.91 Å². The number of nitrogens with one attached hydrogen (secondary N) is 1. The molecule has 0 atom stereocenters. The van der Waals surface area contributed by atoms with Crippen molar-refractivity contribution in [3.63, 3.8) is 0 Å². The minimum atomic E-state index is -0.234. The van der Waals surface area contributed by atoms with Gasteiger partial charge in [-0.1, -0.05) is 28.1 Å². The Bertz CT molecular complexity index is 889. The van der Waals surface area contributed by atoms with Crippen LogP contribution in [0.4, 0.5) is 11.5 Å². The zero-order valence-corrected chi connectivity index (χ0v) is 16.8. The summed E-state index contributed by atoms with van der Waals surface area (Å²) in [6.45, 7) is 0.508. The molecule has 0 aliphatic carbocycles. The second-order valence-electron chi connectivity index (χ2n) is 6.23. The molecule has 0 radical (unpaired) electrons. The number of hydrogen-bond acceptors (Lipinski definition) is 4. The third-order valence-electron chi connectivity index (χ3n) is 3.95. The van der Waals surface area contributed by atoms with Crippen molar-refractivity contribution in [1.29, 1.82) is 0 Å². The van der Waals surface area contributed by atoms with E-state index < -0.39 is 0 Å². The summed E-state index contributed by atoms with van der Waals surface area (Å²) in [6, 6.07) is 17.3. The van der Waals surface area contributed by atoms with Crippen molar-refractivity contribution in [2.75, 3.05) is 30.9 Å². The molecule has 1 heterocycles. The number of ether oxygens (including phenoxy) is 1. The fraction of sp³-hybridized carbons (Fsp3) is 0.200. The number of amides is 1. The monoisotopic (exact) mass is 428 g/mol. The summed E-state index contributed by atoms with van der Waals surface area (Å²) < 4.78 is 8.21. The molecule has 27 heavy (non-hydrogen) atoms. The lowest BCUT2D eigenvalue weighted by Gasteiger charge is -2.13. The Morgan fingerprint density at radius 1 is 1.11 bits per heavy atom. The topological polar surface area (TPSA) is 59.4 Å². The second kappa shape index (κ2) is 8.73. The van der Waals surface area contributed by atoms with Crippen molar-refractivity contribution in [3.8, 4) is 5.75 Å². The Kier molecular flexibility index (Phi) is 6.13. The van der Waals surface area contributed by atoms with Gasteiger partial charge in [0.05, 0.1) is 12.7 Å². The first-order chi connectivity index (χ1) is 13.0. The van der Waals surface area contributed by atoms with Gasteiger partial charge in [0.1, 0.15) is 11.6 Å². The largest absolute Gasteiger partial charge is 0.484 e. The molecule has 0 spiro atoms. The maximum atomic E-state index is 12.2. The van der Waals surface area contributed by atoms with Crippen molar-refractivity contribution >= 4 is 33.3 Å². The third-order valence-corrected chi connectivity index (χ3v) is 4.48. The van der Waals surface area contributed by atoms with Crippen molar-refractivity contribution in [2.45, 2.75) is 6.54 Å². The summed E-state index contributed by atoms with van der Waals surface area (Å²) in [5.41, 5.74) is 2.24. The molecule has 0 unspecified atom stereocenters. The minimum absolute atomic E-state index is 0.0651. The summed E-state index contributed by atoms with van der Waals surface area (Å²) in [5.74, 6) is 1.04. The summed E-state index contributed by atoms with van der Waals surface area (Å²) in [5, 5.41) is 7.14. The van der Waals surface area contributed by atoms with E-state index in [4.69, 9.17) is 4.74 Å². The summed E-state index contributed by atoms with van der Waals surface area (Å²) in [6.07, 6.45) is 1.67. The molecular formula is C20H21BrN4O2. The van der Waals surface area contributed by atoms with Gasteiger partial charge in [0.15, 0.2) is 6.61 Å². The molecule has 1 amide bonds. The molecule has 0 saturated carbocycles. The highest BCUT2D eigenvalue weighted by molar-refractivity contribution is 9.10. The van der Waals surface area contributed by atoms with E-state index in [-0.39, 0.29) is 12.5 Å². The summed E-state index contributed by atoms with van der Waals surface area (Å²) >= 11 is 3.36. The van der Waals surface area contributed by atoms with Crippen LogP contribution in [0.15, 0.2) is 65.3 Å². The first-order valence-corrected chi connectivity index (χ1v) is 9.27. The van der Waals surface area contributed by atoms with Crippen LogP contribution in [-0.4, -0.2) is 36.4 Å². The van der Waals surface area contributed by atoms with E-state index in [1.54, 1.807) is 29.1 Å². The standard InChI is InChI=1S/C20H21BrN4O2/c1-24(2)17-7-3-15(4-8-17)13-25-19(11-12-22-25)23-20(26)14-27-18-9-5-16(21)6-10-18/h3-12H,13-14H2,1-2H3,(H,23,26). The van der Waals surface area contributed by atoms with E-state index >= 15 is 0 Å². The molecule has 6 nitrogen and oxygen atoms in total. The van der Waals surface area contributed by atoms with Crippen molar-refractivity contribution in [2.24, 2.45) is 0 Å². The van der Waals surface area contributed by atoms with Gasteiger partial charge in [0.2, 0.25) is 0 Å². The lowest BCUT2D eigenvalue weighted by Crippen LogP contribution is -2.22. The predicted octanol–water partition coefficient (Wildman–Crippen LogP) is 3.78. The number of benzene rings is 2. The number of rotatable bonds is 7. The summed E-state index contributed by atoms with van der Waals surface area (Å²) in [4.78, 5) is 14.2. The van der Waals surface area contributed by atoms with Crippen LogP contribution in [0.5, 0.6) is 5.75 Å². The predicted molar refractivity (Wildman–Crippen MR) is 110 cm³/mol. The molecule has 140 valence electrons. The Labute approximate surface area is 166 Å². The Morgan fingerprint density at radius 2 is 1.81 bits per heavy atom. The van der Waals surface area contributed by atoms with E-state index in [1.807, 2.05) is 26.2 Å². The molecule has 0 bridgehead atoms. The molecule has 3 rings (SSSR count). The first kappa shape index (κ1) is 19.0. The molecule has 0 saturated heterocycles. The molecule has 0 aliphatic heterocycles. The molecule has 1 aromatic heterocycles. The Balaban J connectivity index is 1.57. The van der Waals surface area contributed by atoms with Gasteiger partial charge in [-0.25, -0.2) is 4.68 Å². The number of aromatic nitrogens is 2. The van der Waals surface area contributed by atoms with Crippen LogP contribution < -0.4 is 15.0 Å². The second-order valence-corrected chi connectivity index (χ2v) is 7.14. The number of nitrogens with zero attached hydrogens (tertiary/aromatic N) is 3. The number of carbonyl (C=O) groups excluding carboxylic acids is 1. The third kappa shape index (κ3) is 5.34. The van der Waals surface area contributed by atoms with Gasteiger partial charge in [0, 0.05) is 30.3 Å². The van der Waals surface area contributed by atoms with Crippen LogP contribution in [0.3, 0.4) is 0 Å². The fourth-order valence-electron chi connectivity index (χ4n) is 2.50. The van der Waals surface area contributed by atoms with E-state index in [9.17, 15) is 4.79 Å². The average molecular weight is 429 g/mol. The highest BCUT2D eigenvalue weighted by atomic mass is 79.9. The van der Waals surface area contributed by atoms with Crippen LogP contribution in [-0.2, 0) is 11.3 Å². The normalized spacial score (nSPS) is 10.5. The van der Waals surface area contributed by atoms with Crippen LogP contribution in [0, 0.1) is 0 Å². The lowest BCUT2D eigenvalue weighted by atomic mass is 10.2. The van der Waals surface area contributed by atoms with Crippen LogP contribution in [0.1, 0.15) is 5.56 Å². The molecule has 7 heteroatoms. The first-order valence-electron chi connectivity index (χ1n) is 8.47. The number of halogens is 1. The van der Waals surface area contributed by atoms with E-state index in [2.05, 4.69) is 55.5 Å². The minimum Gasteiger partial charge on any atom is -0.484 e. The smallest absolute Gasteiger partial charge is 0.263 e. The van der Waals surface area contributed by atoms with Gasteiger partial charge < -0.3 is 15.0 Å². The zero-order valence-electron chi connectivity index (χ0n) is 15.2. The maximum Gasteiger partial charge on any atom is 0.263 e. The molecule has 0 fully saturated rings. The maximum absolute atomic E-state index is 12.2.